The van der Waals surface area contributed by atoms with Gasteiger partial charge in [-0.25, -0.2) is 8.78 Å². The lowest BCUT2D eigenvalue weighted by molar-refractivity contribution is 0.0945. The predicted octanol–water partition coefficient (Wildman–Crippen LogP) is 0.794. The van der Waals surface area contributed by atoms with Crippen LogP contribution in [0.2, 0.25) is 0 Å². The smallest absolute Gasteiger partial charge is 0.254 e. The van der Waals surface area contributed by atoms with Gasteiger partial charge in [0.15, 0.2) is 0 Å². The molecular weight excluding hydrogens is 202 g/mol. The first-order chi connectivity index (χ1) is 7.08. The van der Waals surface area contributed by atoms with Crippen LogP contribution in [-0.4, -0.2) is 18.0 Å². The number of carbonyl (C=O) groups is 1. The highest BCUT2D eigenvalue weighted by molar-refractivity contribution is 5.94. The molecule has 0 bridgehead atoms. The van der Waals surface area contributed by atoms with Crippen molar-refractivity contribution >= 4 is 5.91 Å². The van der Waals surface area contributed by atoms with Crippen LogP contribution in [0.15, 0.2) is 18.2 Å². The Morgan fingerprint density at radius 1 is 1.47 bits per heavy atom. The van der Waals surface area contributed by atoms with Gasteiger partial charge in [0.2, 0.25) is 0 Å². The van der Waals surface area contributed by atoms with E-state index < -0.39 is 17.5 Å². The molecule has 80 valence electrons. The van der Waals surface area contributed by atoms with Crippen molar-refractivity contribution in [3.8, 4) is 0 Å². The first-order valence-electron chi connectivity index (χ1n) is 4.59. The molecule has 3 nitrogen and oxygen atoms in total. The molecule has 0 spiro atoms. The molecule has 3 N–H and O–H groups in total. The summed E-state index contributed by atoms with van der Waals surface area (Å²) in [7, 11) is 0. The third kappa shape index (κ3) is 2.12. The summed E-state index contributed by atoms with van der Waals surface area (Å²) in [6, 6.07) is 2.59. The van der Waals surface area contributed by atoms with Crippen molar-refractivity contribution < 1.29 is 13.6 Å². The van der Waals surface area contributed by atoms with E-state index in [2.05, 4.69) is 5.32 Å². The van der Waals surface area contributed by atoms with Crippen molar-refractivity contribution in [1.82, 2.24) is 5.32 Å². The third-order valence-electron chi connectivity index (χ3n) is 2.33. The van der Waals surface area contributed by atoms with Crippen LogP contribution in [0.25, 0.3) is 0 Å². The lowest BCUT2D eigenvalue weighted by atomic mass is 10.2. The molecule has 1 saturated carbocycles. The van der Waals surface area contributed by atoms with Gasteiger partial charge in [-0.05, 0) is 24.6 Å². The maximum atomic E-state index is 13.1. The molecule has 1 amide bonds. The van der Waals surface area contributed by atoms with Gasteiger partial charge in [0.05, 0.1) is 5.56 Å². The lowest BCUT2D eigenvalue weighted by Gasteiger charge is -2.04. The molecule has 15 heavy (non-hydrogen) atoms. The maximum Gasteiger partial charge on any atom is 0.254 e. The van der Waals surface area contributed by atoms with Gasteiger partial charge in [-0.15, -0.1) is 0 Å². The molecule has 5 heteroatoms. The normalized spacial score (nSPS) is 23.7. The summed E-state index contributed by atoms with van der Waals surface area (Å²) in [5, 5.41) is 2.52. The minimum absolute atomic E-state index is 0.0643. The average molecular weight is 212 g/mol. The van der Waals surface area contributed by atoms with Gasteiger partial charge >= 0.3 is 0 Å². The lowest BCUT2D eigenvalue weighted by Crippen LogP contribution is -2.30. The van der Waals surface area contributed by atoms with Gasteiger partial charge in [0.1, 0.15) is 11.6 Å². The molecule has 1 aliphatic rings. The van der Waals surface area contributed by atoms with E-state index in [9.17, 15) is 13.6 Å². The van der Waals surface area contributed by atoms with E-state index in [-0.39, 0.29) is 17.6 Å². The highest BCUT2D eigenvalue weighted by Crippen LogP contribution is 2.19. The number of rotatable bonds is 2. The third-order valence-corrected chi connectivity index (χ3v) is 2.33. The quantitative estimate of drug-likeness (QED) is 0.761. The van der Waals surface area contributed by atoms with E-state index in [0.717, 1.165) is 18.2 Å². The minimum atomic E-state index is -0.733. The van der Waals surface area contributed by atoms with E-state index >= 15 is 0 Å². The van der Waals surface area contributed by atoms with Crippen molar-refractivity contribution in [2.45, 2.75) is 18.5 Å². The van der Waals surface area contributed by atoms with E-state index in [0.29, 0.717) is 6.42 Å². The summed E-state index contributed by atoms with van der Waals surface area (Å²) in [5.74, 6) is -1.99. The van der Waals surface area contributed by atoms with E-state index in [4.69, 9.17) is 5.73 Å². The number of nitrogens with two attached hydrogens (primary N) is 1. The molecule has 0 aromatic heterocycles. The Hall–Kier alpha value is -1.49. The fourth-order valence-corrected chi connectivity index (χ4v) is 1.30. The minimum Gasteiger partial charge on any atom is -0.348 e. The second kappa shape index (κ2) is 3.58. The van der Waals surface area contributed by atoms with E-state index in [1.807, 2.05) is 0 Å². The van der Waals surface area contributed by atoms with Gasteiger partial charge in [-0.2, -0.15) is 0 Å². The van der Waals surface area contributed by atoms with Crippen LogP contribution >= 0.6 is 0 Å². The van der Waals surface area contributed by atoms with Crippen molar-refractivity contribution in [1.29, 1.82) is 0 Å². The number of hydrogen-bond acceptors (Lipinski definition) is 2. The second-order valence-corrected chi connectivity index (χ2v) is 3.60. The highest BCUT2D eigenvalue weighted by Gasteiger charge is 2.35. The zero-order chi connectivity index (χ0) is 11.0. The Labute approximate surface area is 85.3 Å². The molecule has 0 heterocycles. The molecule has 0 saturated heterocycles. The van der Waals surface area contributed by atoms with Gasteiger partial charge in [0, 0.05) is 12.1 Å². The topological polar surface area (TPSA) is 55.1 Å². The SMILES string of the molecule is NC1CC1NC(=O)c1cc(F)ccc1F. The van der Waals surface area contributed by atoms with E-state index in [1.54, 1.807) is 0 Å². The number of carbonyl (C=O) groups excluding carboxylic acids is 1. The number of amides is 1. The summed E-state index contributed by atoms with van der Waals surface area (Å²) >= 11 is 0. The predicted molar refractivity (Wildman–Crippen MR) is 50.2 cm³/mol. The van der Waals surface area contributed by atoms with Crippen molar-refractivity contribution in [3.63, 3.8) is 0 Å². The molecule has 2 rings (SSSR count). The largest absolute Gasteiger partial charge is 0.348 e. The monoisotopic (exact) mass is 212 g/mol. The fraction of sp³-hybridized carbons (Fsp3) is 0.300. The number of nitrogens with one attached hydrogen (secondary N) is 1. The Morgan fingerprint density at radius 3 is 2.73 bits per heavy atom. The molecule has 1 fully saturated rings. The summed E-state index contributed by atoms with van der Waals surface area (Å²) in [6.45, 7) is 0. The first-order valence-corrected chi connectivity index (χ1v) is 4.59. The standard InChI is InChI=1S/C10H10F2N2O/c11-5-1-2-7(12)6(3-5)10(15)14-9-4-8(9)13/h1-3,8-9H,4,13H2,(H,14,15). The van der Waals surface area contributed by atoms with Crippen LogP contribution in [0.3, 0.4) is 0 Å². The second-order valence-electron chi connectivity index (χ2n) is 3.60. The zero-order valence-electron chi connectivity index (χ0n) is 7.84. The van der Waals surface area contributed by atoms with Gasteiger partial charge in [-0.3, -0.25) is 4.79 Å². The average Bonchev–Trinajstić information content (AvgIpc) is 2.86. The van der Waals surface area contributed by atoms with Crippen LogP contribution < -0.4 is 11.1 Å². The fourth-order valence-electron chi connectivity index (χ4n) is 1.30. The molecule has 0 radical (unpaired) electrons. The van der Waals surface area contributed by atoms with Crippen molar-refractivity contribution in [2.75, 3.05) is 0 Å². The molecule has 0 aliphatic heterocycles. The summed E-state index contributed by atoms with van der Waals surface area (Å²) in [4.78, 5) is 11.4. The zero-order valence-corrected chi connectivity index (χ0v) is 7.84. The summed E-state index contributed by atoms with van der Waals surface area (Å²) < 4.78 is 25.9. The number of hydrogen-bond donors (Lipinski definition) is 2. The summed E-state index contributed by atoms with van der Waals surface area (Å²) in [5.41, 5.74) is 5.20. The maximum absolute atomic E-state index is 13.1. The number of benzene rings is 1. The summed E-state index contributed by atoms with van der Waals surface area (Å²) in [6.07, 6.45) is 0.683. The molecular formula is C10H10F2N2O. The molecule has 2 atom stereocenters. The van der Waals surface area contributed by atoms with Crippen molar-refractivity contribution in [3.05, 3.63) is 35.4 Å². The highest BCUT2D eigenvalue weighted by atomic mass is 19.1. The van der Waals surface area contributed by atoms with Gasteiger partial charge in [-0.1, -0.05) is 0 Å². The van der Waals surface area contributed by atoms with E-state index in [1.165, 1.54) is 0 Å². The van der Waals surface area contributed by atoms with Gasteiger partial charge in [0.25, 0.3) is 5.91 Å². The Morgan fingerprint density at radius 2 is 2.13 bits per heavy atom. The Bertz CT molecular complexity index is 408. The van der Waals surface area contributed by atoms with Crippen molar-refractivity contribution in [2.24, 2.45) is 5.73 Å². The molecule has 2 unspecified atom stereocenters. The van der Waals surface area contributed by atoms with Crippen LogP contribution in [0.1, 0.15) is 16.8 Å². The molecule has 1 aliphatic carbocycles. The molecule has 1 aromatic rings. The Balaban J connectivity index is 2.14. The van der Waals surface area contributed by atoms with Crippen LogP contribution in [0.5, 0.6) is 0 Å². The van der Waals surface area contributed by atoms with Crippen LogP contribution in [0.4, 0.5) is 8.78 Å². The Kier molecular flexibility index (Phi) is 2.40. The van der Waals surface area contributed by atoms with Crippen LogP contribution in [-0.2, 0) is 0 Å². The van der Waals surface area contributed by atoms with Gasteiger partial charge < -0.3 is 11.1 Å². The number of halogens is 2. The van der Waals surface area contributed by atoms with Crippen LogP contribution in [0, 0.1) is 11.6 Å². The first kappa shape index (κ1) is 10.0. The molecule has 1 aromatic carbocycles.